The van der Waals surface area contributed by atoms with Gasteiger partial charge >= 0.3 is 5.97 Å². The van der Waals surface area contributed by atoms with E-state index in [-0.39, 0.29) is 6.10 Å². The van der Waals surface area contributed by atoms with E-state index in [4.69, 9.17) is 21.1 Å². The van der Waals surface area contributed by atoms with Gasteiger partial charge in [-0.25, -0.2) is 0 Å². The van der Waals surface area contributed by atoms with Gasteiger partial charge in [-0.1, -0.05) is 29.8 Å². The summed E-state index contributed by atoms with van der Waals surface area (Å²) in [6, 6.07) is 10.7. The van der Waals surface area contributed by atoms with Gasteiger partial charge in [-0.2, -0.15) is 0 Å². The Morgan fingerprint density at radius 1 is 1.28 bits per heavy atom. The van der Waals surface area contributed by atoms with Gasteiger partial charge in [0.2, 0.25) is 0 Å². The van der Waals surface area contributed by atoms with E-state index in [1.807, 2.05) is 44.3 Å². The number of carbonyl (C=O) groups is 1. The average Bonchev–Trinajstić information content (AvgIpc) is 3.09. The topological polar surface area (TPSA) is 83.6 Å². The molecule has 0 spiro atoms. The van der Waals surface area contributed by atoms with Gasteiger partial charge in [0.1, 0.15) is 6.04 Å². The number of H-pyrrole nitrogens is 1. The maximum absolute atomic E-state index is 11.8. The highest BCUT2D eigenvalue weighted by Crippen LogP contribution is 2.37. The Kier molecular flexibility index (Phi) is 6.67. The number of para-hydroxylation sites is 1. The second kappa shape index (κ2) is 9.20. The summed E-state index contributed by atoms with van der Waals surface area (Å²) in [7, 11) is 1.55. The number of ether oxygens (including phenoxy) is 2. The van der Waals surface area contributed by atoms with Gasteiger partial charge < -0.3 is 24.9 Å². The monoisotopic (exact) mass is 416 g/mol. The lowest BCUT2D eigenvalue weighted by molar-refractivity contribution is -0.139. The van der Waals surface area contributed by atoms with E-state index < -0.39 is 12.0 Å². The molecule has 154 valence electrons. The fourth-order valence-corrected chi connectivity index (χ4v) is 3.51. The summed E-state index contributed by atoms with van der Waals surface area (Å²) >= 11 is 6.36. The van der Waals surface area contributed by atoms with E-state index in [0.717, 1.165) is 22.0 Å². The number of carboxylic acid groups (broad SMARTS) is 1. The van der Waals surface area contributed by atoms with Crippen LogP contribution < -0.4 is 14.8 Å². The molecule has 0 fully saturated rings. The fraction of sp³-hybridized carbons (Fsp3) is 0.318. The summed E-state index contributed by atoms with van der Waals surface area (Å²) in [5.41, 5.74) is 2.76. The highest BCUT2D eigenvalue weighted by atomic mass is 35.5. The average molecular weight is 417 g/mol. The van der Waals surface area contributed by atoms with Gasteiger partial charge in [0.15, 0.2) is 11.5 Å². The Morgan fingerprint density at radius 3 is 2.72 bits per heavy atom. The van der Waals surface area contributed by atoms with Gasteiger partial charge in [0, 0.05) is 30.1 Å². The zero-order valence-electron chi connectivity index (χ0n) is 16.7. The Bertz CT molecular complexity index is 1000. The summed E-state index contributed by atoms with van der Waals surface area (Å²) in [6.07, 6.45) is 2.18. The van der Waals surface area contributed by atoms with Crippen LogP contribution in [0.3, 0.4) is 0 Å². The molecule has 3 rings (SSSR count). The molecule has 1 heterocycles. The summed E-state index contributed by atoms with van der Waals surface area (Å²) in [4.78, 5) is 15.0. The molecule has 7 heteroatoms. The van der Waals surface area contributed by atoms with Crippen molar-refractivity contribution < 1.29 is 19.4 Å². The van der Waals surface area contributed by atoms with E-state index in [1.165, 1.54) is 0 Å². The van der Waals surface area contributed by atoms with Crippen LogP contribution in [0.4, 0.5) is 0 Å². The van der Waals surface area contributed by atoms with E-state index in [0.29, 0.717) is 29.5 Å². The van der Waals surface area contributed by atoms with Crippen LogP contribution in [0.5, 0.6) is 11.5 Å². The van der Waals surface area contributed by atoms with Crippen molar-refractivity contribution >= 4 is 28.5 Å². The minimum atomic E-state index is -0.909. The molecule has 1 atom stereocenters. The first-order chi connectivity index (χ1) is 13.9. The van der Waals surface area contributed by atoms with Crippen LogP contribution in [0.25, 0.3) is 10.9 Å². The number of carboxylic acids is 1. The molecule has 0 aliphatic carbocycles. The van der Waals surface area contributed by atoms with Crippen molar-refractivity contribution in [2.24, 2.45) is 0 Å². The third kappa shape index (κ3) is 5.02. The molecule has 6 nitrogen and oxygen atoms in total. The van der Waals surface area contributed by atoms with E-state index in [2.05, 4.69) is 10.3 Å². The van der Waals surface area contributed by atoms with Gasteiger partial charge in [0.05, 0.1) is 18.2 Å². The Morgan fingerprint density at radius 2 is 2.03 bits per heavy atom. The number of fused-ring (bicyclic) bond motifs is 1. The summed E-state index contributed by atoms with van der Waals surface area (Å²) in [5.74, 6) is 0.0982. The summed E-state index contributed by atoms with van der Waals surface area (Å²) < 4.78 is 11.1. The number of rotatable bonds is 9. The molecule has 0 radical (unpaired) electrons. The first-order valence-electron chi connectivity index (χ1n) is 9.43. The lowest BCUT2D eigenvalue weighted by atomic mass is 10.0. The number of aliphatic carboxylic acids is 1. The third-order valence-electron chi connectivity index (χ3n) is 4.59. The van der Waals surface area contributed by atoms with Crippen molar-refractivity contribution in [2.75, 3.05) is 7.11 Å². The molecule has 0 saturated heterocycles. The Labute approximate surface area is 174 Å². The molecule has 3 aromatic rings. The maximum Gasteiger partial charge on any atom is 0.321 e. The molecule has 1 unspecified atom stereocenters. The minimum absolute atomic E-state index is 0.0436. The zero-order chi connectivity index (χ0) is 21.0. The van der Waals surface area contributed by atoms with Gasteiger partial charge in [-0.05, 0) is 43.2 Å². The summed E-state index contributed by atoms with van der Waals surface area (Å²) in [6.45, 7) is 4.15. The minimum Gasteiger partial charge on any atom is -0.493 e. The van der Waals surface area contributed by atoms with E-state index >= 15 is 0 Å². The highest BCUT2D eigenvalue weighted by molar-refractivity contribution is 6.32. The lowest BCUT2D eigenvalue weighted by Gasteiger charge is -2.18. The molecule has 0 saturated carbocycles. The Balaban J connectivity index is 1.75. The van der Waals surface area contributed by atoms with Crippen molar-refractivity contribution in [3.63, 3.8) is 0 Å². The van der Waals surface area contributed by atoms with Crippen LogP contribution in [0, 0.1) is 0 Å². The molecule has 0 bridgehead atoms. The number of hydrogen-bond acceptors (Lipinski definition) is 4. The molecule has 3 N–H and O–H groups in total. The van der Waals surface area contributed by atoms with Crippen molar-refractivity contribution in [3.8, 4) is 11.5 Å². The van der Waals surface area contributed by atoms with Crippen LogP contribution in [0.2, 0.25) is 5.02 Å². The number of methoxy groups -OCH3 is 1. The molecular formula is C22H25ClN2O4. The lowest BCUT2D eigenvalue weighted by Crippen LogP contribution is -2.38. The van der Waals surface area contributed by atoms with Crippen LogP contribution in [-0.2, 0) is 17.8 Å². The van der Waals surface area contributed by atoms with Crippen LogP contribution >= 0.6 is 11.6 Å². The van der Waals surface area contributed by atoms with Crippen molar-refractivity contribution in [1.29, 1.82) is 0 Å². The molecule has 1 aromatic heterocycles. The molecular weight excluding hydrogens is 392 g/mol. The maximum atomic E-state index is 11.8. The normalized spacial score (nSPS) is 12.3. The standard InChI is InChI=1S/C22H25ClN2O4/c1-13(2)29-21-17(23)8-14(9-20(21)28-3)11-24-19(22(26)27)10-15-12-25-18-7-5-4-6-16(15)18/h4-9,12-13,19,24-25H,10-11H2,1-3H3,(H,26,27). The van der Waals surface area contributed by atoms with E-state index in [9.17, 15) is 9.90 Å². The van der Waals surface area contributed by atoms with E-state index in [1.54, 1.807) is 19.2 Å². The highest BCUT2D eigenvalue weighted by Gasteiger charge is 2.20. The smallest absolute Gasteiger partial charge is 0.321 e. The van der Waals surface area contributed by atoms with Crippen molar-refractivity contribution in [1.82, 2.24) is 10.3 Å². The quantitative estimate of drug-likeness (QED) is 0.481. The fourth-order valence-electron chi connectivity index (χ4n) is 3.23. The predicted octanol–water partition coefficient (Wildman–Crippen LogP) is 4.40. The van der Waals surface area contributed by atoms with Crippen LogP contribution in [0.15, 0.2) is 42.6 Å². The van der Waals surface area contributed by atoms with Crippen molar-refractivity contribution in [3.05, 3.63) is 58.7 Å². The van der Waals surface area contributed by atoms with Crippen molar-refractivity contribution in [2.45, 2.75) is 39.0 Å². The number of hydrogen-bond donors (Lipinski definition) is 3. The predicted molar refractivity (Wildman–Crippen MR) is 114 cm³/mol. The van der Waals surface area contributed by atoms with Crippen LogP contribution in [0.1, 0.15) is 25.0 Å². The molecule has 0 amide bonds. The molecule has 29 heavy (non-hydrogen) atoms. The molecule has 2 aromatic carbocycles. The van der Waals surface area contributed by atoms with Crippen LogP contribution in [-0.4, -0.2) is 35.3 Å². The number of halogens is 1. The number of nitrogens with one attached hydrogen (secondary N) is 2. The van der Waals surface area contributed by atoms with Gasteiger partial charge in [0.25, 0.3) is 0 Å². The first-order valence-corrected chi connectivity index (χ1v) is 9.81. The SMILES string of the molecule is COc1cc(CNC(Cc2c[nH]c3ccccc23)C(=O)O)cc(Cl)c1OC(C)C. The molecule has 0 aliphatic heterocycles. The first kappa shape index (κ1) is 21.0. The second-order valence-corrected chi connectivity index (χ2v) is 7.52. The third-order valence-corrected chi connectivity index (χ3v) is 4.87. The number of aromatic amines is 1. The van der Waals surface area contributed by atoms with Gasteiger partial charge in [-0.3, -0.25) is 4.79 Å². The number of aromatic nitrogens is 1. The molecule has 0 aliphatic rings. The zero-order valence-corrected chi connectivity index (χ0v) is 17.4. The second-order valence-electron chi connectivity index (χ2n) is 7.11. The van der Waals surface area contributed by atoms with Gasteiger partial charge in [-0.15, -0.1) is 0 Å². The number of benzene rings is 2. The largest absolute Gasteiger partial charge is 0.493 e. The summed E-state index contributed by atoms with van der Waals surface area (Å²) in [5, 5.41) is 14.2. The Hall–Kier alpha value is -2.70.